The molecule has 0 radical (unpaired) electrons. The van der Waals surface area contributed by atoms with Crippen molar-refractivity contribution in [3.05, 3.63) is 23.8 Å². The number of ether oxygens (including phenoxy) is 2. The summed E-state index contributed by atoms with van der Waals surface area (Å²) in [5.74, 6) is 1.03. The Morgan fingerprint density at radius 1 is 1.09 bits per heavy atom. The van der Waals surface area contributed by atoms with Crippen molar-refractivity contribution in [2.45, 2.75) is 71.9 Å². The SMILES string of the molecule is COc1cc(CNC(=O)C2CCN(C(=O)OC3CCC(C(C)(C)C)CC3)CC2)ccc1O. The van der Waals surface area contributed by atoms with Gasteiger partial charge >= 0.3 is 6.09 Å². The van der Waals surface area contributed by atoms with E-state index < -0.39 is 0 Å². The van der Waals surface area contributed by atoms with Gasteiger partial charge in [0, 0.05) is 25.6 Å². The molecule has 2 N–H and O–H groups in total. The number of rotatable bonds is 5. The molecular formula is C25H38N2O5. The maximum atomic E-state index is 12.6. The normalized spacial score (nSPS) is 22.3. The van der Waals surface area contributed by atoms with Gasteiger partial charge in [0.1, 0.15) is 6.10 Å². The van der Waals surface area contributed by atoms with Gasteiger partial charge < -0.3 is 24.8 Å². The Labute approximate surface area is 191 Å². The van der Waals surface area contributed by atoms with E-state index in [0.717, 1.165) is 31.2 Å². The molecule has 0 unspecified atom stereocenters. The van der Waals surface area contributed by atoms with Crippen LogP contribution in [0.15, 0.2) is 18.2 Å². The van der Waals surface area contributed by atoms with Crippen LogP contribution in [0.2, 0.25) is 0 Å². The second-order valence-corrected chi connectivity index (χ2v) is 10.2. The molecule has 3 rings (SSSR count). The molecular weight excluding hydrogens is 408 g/mol. The highest BCUT2D eigenvalue weighted by molar-refractivity contribution is 5.79. The van der Waals surface area contributed by atoms with Crippen LogP contribution in [0.25, 0.3) is 0 Å². The summed E-state index contributed by atoms with van der Waals surface area (Å²) in [6, 6.07) is 5.02. The van der Waals surface area contributed by atoms with Gasteiger partial charge in [0.15, 0.2) is 11.5 Å². The number of carbonyl (C=O) groups excluding carboxylic acids is 2. The summed E-state index contributed by atoms with van der Waals surface area (Å²) in [7, 11) is 1.49. The molecule has 1 aromatic rings. The average Bonchev–Trinajstić information content (AvgIpc) is 2.78. The zero-order valence-corrected chi connectivity index (χ0v) is 19.9. The van der Waals surface area contributed by atoms with Gasteiger partial charge in [-0.1, -0.05) is 26.8 Å². The largest absolute Gasteiger partial charge is 0.504 e. The number of benzene rings is 1. The number of methoxy groups -OCH3 is 1. The molecule has 2 amide bonds. The number of phenols is 1. The van der Waals surface area contributed by atoms with Crippen LogP contribution in [-0.4, -0.2) is 48.3 Å². The third-order valence-corrected chi connectivity index (χ3v) is 7.00. The fourth-order valence-electron chi connectivity index (χ4n) is 4.75. The lowest BCUT2D eigenvalue weighted by molar-refractivity contribution is -0.126. The van der Waals surface area contributed by atoms with Crippen molar-refractivity contribution in [1.29, 1.82) is 0 Å². The molecule has 32 heavy (non-hydrogen) atoms. The van der Waals surface area contributed by atoms with Crippen LogP contribution in [0, 0.1) is 17.3 Å². The Morgan fingerprint density at radius 3 is 2.34 bits per heavy atom. The van der Waals surface area contributed by atoms with E-state index in [1.807, 2.05) is 0 Å². The van der Waals surface area contributed by atoms with E-state index in [-0.39, 0.29) is 29.8 Å². The van der Waals surface area contributed by atoms with Crippen molar-refractivity contribution >= 4 is 12.0 Å². The van der Waals surface area contributed by atoms with Crippen LogP contribution in [0.4, 0.5) is 4.79 Å². The van der Waals surface area contributed by atoms with Crippen LogP contribution in [0.5, 0.6) is 11.5 Å². The molecule has 1 heterocycles. The lowest BCUT2D eigenvalue weighted by Crippen LogP contribution is -2.44. The molecule has 1 aliphatic heterocycles. The number of nitrogens with zero attached hydrogens (tertiary/aromatic N) is 1. The first kappa shape index (κ1) is 24.2. The van der Waals surface area contributed by atoms with Gasteiger partial charge in [-0.3, -0.25) is 4.79 Å². The number of carbonyl (C=O) groups is 2. The maximum Gasteiger partial charge on any atom is 0.410 e. The van der Waals surface area contributed by atoms with E-state index in [2.05, 4.69) is 26.1 Å². The summed E-state index contributed by atoms with van der Waals surface area (Å²) in [6.45, 7) is 8.31. The van der Waals surface area contributed by atoms with Crippen molar-refractivity contribution in [2.75, 3.05) is 20.2 Å². The first-order chi connectivity index (χ1) is 15.2. The fourth-order valence-corrected chi connectivity index (χ4v) is 4.75. The Morgan fingerprint density at radius 2 is 1.75 bits per heavy atom. The Bertz CT molecular complexity index is 788. The predicted molar refractivity (Wildman–Crippen MR) is 122 cm³/mol. The van der Waals surface area contributed by atoms with Crippen LogP contribution in [0.3, 0.4) is 0 Å². The van der Waals surface area contributed by atoms with Crippen LogP contribution < -0.4 is 10.1 Å². The summed E-state index contributed by atoms with van der Waals surface area (Å²) >= 11 is 0. The predicted octanol–water partition coefficient (Wildman–Crippen LogP) is 4.47. The van der Waals surface area contributed by atoms with Gasteiger partial charge in [-0.25, -0.2) is 4.79 Å². The second kappa shape index (κ2) is 10.5. The lowest BCUT2D eigenvalue weighted by Gasteiger charge is -2.37. The molecule has 0 bridgehead atoms. The summed E-state index contributed by atoms with van der Waals surface area (Å²) in [5, 5.41) is 12.6. The summed E-state index contributed by atoms with van der Waals surface area (Å²) in [4.78, 5) is 26.9. The molecule has 1 aliphatic carbocycles. The highest BCUT2D eigenvalue weighted by Gasteiger charge is 2.33. The third-order valence-electron chi connectivity index (χ3n) is 7.00. The molecule has 2 fully saturated rings. The number of hydrogen-bond acceptors (Lipinski definition) is 5. The van der Waals surface area contributed by atoms with Gasteiger partial charge in [0.2, 0.25) is 5.91 Å². The van der Waals surface area contributed by atoms with E-state index in [0.29, 0.717) is 49.6 Å². The van der Waals surface area contributed by atoms with Crippen LogP contribution in [-0.2, 0) is 16.1 Å². The number of piperidine rings is 1. The van der Waals surface area contributed by atoms with E-state index in [4.69, 9.17) is 9.47 Å². The minimum atomic E-state index is -0.237. The number of aromatic hydroxyl groups is 1. The topological polar surface area (TPSA) is 88.1 Å². The lowest BCUT2D eigenvalue weighted by atomic mass is 9.72. The zero-order chi connectivity index (χ0) is 23.3. The van der Waals surface area contributed by atoms with Gasteiger partial charge in [-0.15, -0.1) is 0 Å². The molecule has 1 saturated heterocycles. The number of amides is 2. The van der Waals surface area contributed by atoms with Crippen molar-refractivity contribution in [3.63, 3.8) is 0 Å². The Kier molecular flexibility index (Phi) is 7.91. The van der Waals surface area contributed by atoms with Crippen molar-refractivity contribution in [1.82, 2.24) is 10.2 Å². The first-order valence-corrected chi connectivity index (χ1v) is 11.8. The average molecular weight is 447 g/mol. The van der Waals surface area contributed by atoms with Gasteiger partial charge in [0.25, 0.3) is 0 Å². The van der Waals surface area contributed by atoms with Gasteiger partial charge in [-0.05, 0) is 67.6 Å². The monoisotopic (exact) mass is 446 g/mol. The quantitative estimate of drug-likeness (QED) is 0.697. The highest BCUT2D eigenvalue weighted by atomic mass is 16.6. The van der Waals surface area contributed by atoms with Crippen LogP contribution in [0.1, 0.15) is 64.9 Å². The number of nitrogens with one attached hydrogen (secondary N) is 1. The number of likely N-dealkylation sites (tertiary alicyclic amines) is 1. The highest BCUT2D eigenvalue weighted by Crippen LogP contribution is 2.38. The smallest absolute Gasteiger partial charge is 0.410 e. The standard InChI is InChI=1S/C25H38N2O5/c1-25(2,3)19-6-8-20(9-7-19)32-24(30)27-13-11-18(12-14-27)23(29)26-16-17-5-10-21(28)22(15-17)31-4/h5,10,15,18-20,28H,6-9,11-14,16H2,1-4H3,(H,26,29). The van der Waals surface area contributed by atoms with E-state index in [9.17, 15) is 14.7 Å². The van der Waals surface area contributed by atoms with E-state index >= 15 is 0 Å². The Balaban J connectivity index is 1.39. The minimum Gasteiger partial charge on any atom is -0.504 e. The second-order valence-electron chi connectivity index (χ2n) is 10.2. The third kappa shape index (κ3) is 6.30. The van der Waals surface area contributed by atoms with Crippen LogP contribution >= 0.6 is 0 Å². The maximum absolute atomic E-state index is 12.6. The summed E-state index contributed by atoms with van der Waals surface area (Å²) < 4.78 is 10.9. The fraction of sp³-hybridized carbons (Fsp3) is 0.680. The van der Waals surface area contributed by atoms with Crippen molar-refractivity contribution in [2.24, 2.45) is 17.3 Å². The molecule has 1 aromatic carbocycles. The number of phenolic OH excluding ortho intramolecular Hbond substituents is 1. The van der Waals surface area contributed by atoms with E-state index in [1.165, 1.54) is 7.11 Å². The van der Waals surface area contributed by atoms with Crippen molar-refractivity contribution < 1.29 is 24.2 Å². The van der Waals surface area contributed by atoms with Crippen molar-refractivity contribution in [3.8, 4) is 11.5 Å². The molecule has 0 aromatic heterocycles. The van der Waals surface area contributed by atoms with Gasteiger partial charge in [-0.2, -0.15) is 0 Å². The first-order valence-electron chi connectivity index (χ1n) is 11.8. The molecule has 1 saturated carbocycles. The zero-order valence-electron chi connectivity index (χ0n) is 19.9. The summed E-state index contributed by atoms with van der Waals surface area (Å²) in [5.41, 5.74) is 1.17. The molecule has 178 valence electrons. The van der Waals surface area contributed by atoms with E-state index in [1.54, 1.807) is 23.1 Å². The minimum absolute atomic E-state index is 0.00874. The molecule has 7 heteroatoms. The van der Waals surface area contributed by atoms with Gasteiger partial charge in [0.05, 0.1) is 7.11 Å². The summed E-state index contributed by atoms with van der Waals surface area (Å²) in [6.07, 6.45) is 5.15. The Hall–Kier alpha value is -2.44. The molecule has 2 aliphatic rings. The molecule has 0 spiro atoms. The number of hydrogen-bond donors (Lipinski definition) is 2. The molecule has 7 nitrogen and oxygen atoms in total. The molecule has 0 atom stereocenters.